The number of hydrogen-bond acceptors (Lipinski definition) is 4. The Bertz CT molecular complexity index is 537. The zero-order valence-electron chi connectivity index (χ0n) is 11.4. The van der Waals surface area contributed by atoms with E-state index in [1.165, 1.54) is 37.9 Å². The average molecular weight is 296 g/mol. The summed E-state index contributed by atoms with van der Waals surface area (Å²) in [5, 5.41) is -0.121. The molecule has 5 nitrogen and oxygen atoms in total. The molecule has 6 heteroatoms. The van der Waals surface area contributed by atoms with Crippen molar-refractivity contribution in [2.24, 2.45) is 5.92 Å². The molecule has 2 rings (SSSR count). The molecule has 1 aliphatic carbocycles. The van der Waals surface area contributed by atoms with Gasteiger partial charge in [0.2, 0.25) is 5.91 Å². The molecule has 1 N–H and O–H groups in total. The van der Waals surface area contributed by atoms with E-state index < -0.39 is 15.9 Å². The number of hydrogen-bond donors (Lipinski definition) is 1. The van der Waals surface area contributed by atoms with Crippen molar-refractivity contribution in [3.63, 3.8) is 0 Å². The van der Waals surface area contributed by atoms with Gasteiger partial charge in [0, 0.05) is 12.6 Å². The van der Waals surface area contributed by atoms with Gasteiger partial charge in [0.05, 0.1) is 0 Å². The van der Waals surface area contributed by atoms with Gasteiger partial charge in [-0.15, -0.1) is 0 Å². The molecular weight excluding hydrogens is 276 g/mol. The molecule has 0 saturated heterocycles. The highest BCUT2D eigenvalue weighted by molar-refractivity contribution is 7.90. The van der Waals surface area contributed by atoms with Crippen LogP contribution in [0.25, 0.3) is 0 Å². The minimum Gasteiger partial charge on any atom is -0.274 e. The van der Waals surface area contributed by atoms with E-state index in [1.807, 2.05) is 0 Å². The summed E-state index contributed by atoms with van der Waals surface area (Å²) >= 11 is 0. The molecule has 20 heavy (non-hydrogen) atoms. The molecule has 1 aromatic rings. The van der Waals surface area contributed by atoms with E-state index in [1.54, 1.807) is 12.1 Å². The molecule has 1 amide bonds. The van der Waals surface area contributed by atoms with Gasteiger partial charge in [-0.25, -0.2) is 9.71 Å². The quantitative estimate of drug-likeness (QED) is 0.873. The lowest BCUT2D eigenvalue weighted by Gasteiger charge is -2.09. The Hall–Kier alpha value is -1.43. The minimum absolute atomic E-state index is 0.121. The van der Waals surface area contributed by atoms with Crippen LogP contribution in [0.2, 0.25) is 0 Å². The van der Waals surface area contributed by atoms with E-state index in [2.05, 4.69) is 9.71 Å². The molecular formula is C14H20N2O3S. The van der Waals surface area contributed by atoms with Gasteiger partial charge in [-0.2, -0.15) is 8.42 Å². The van der Waals surface area contributed by atoms with Crippen LogP contribution in [0.3, 0.4) is 0 Å². The van der Waals surface area contributed by atoms with Gasteiger partial charge in [-0.05, 0) is 30.9 Å². The van der Waals surface area contributed by atoms with Crippen LogP contribution >= 0.6 is 0 Å². The Morgan fingerprint density at radius 2 is 2.05 bits per heavy atom. The van der Waals surface area contributed by atoms with Crippen LogP contribution in [0, 0.1) is 5.92 Å². The highest BCUT2D eigenvalue weighted by atomic mass is 32.2. The van der Waals surface area contributed by atoms with Crippen LogP contribution in [-0.4, -0.2) is 19.3 Å². The Kier molecular flexibility index (Phi) is 5.11. The fraction of sp³-hybridized carbons (Fsp3) is 0.571. The highest BCUT2D eigenvalue weighted by Crippen LogP contribution is 2.28. The largest absolute Gasteiger partial charge is 0.281 e. The third-order valence-electron chi connectivity index (χ3n) is 3.65. The fourth-order valence-corrected chi connectivity index (χ4v) is 3.57. The second-order valence-electron chi connectivity index (χ2n) is 5.24. The van der Waals surface area contributed by atoms with Gasteiger partial charge in [0.1, 0.15) is 0 Å². The second-order valence-corrected chi connectivity index (χ2v) is 6.87. The topological polar surface area (TPSA) is 76.1 Å². The van der Waals surface area contributed by atoms with E-state index in [4.69, 9.17) is 0 Å². The van der Waals surface area contributed by atoms with Crippen molar-refractivity contribution in [3.8, 4) is 0 Å². The number of amides is 1. The van der Waals surface area contributed by atoms with Crippen molar-refractivity contribution in [2.45, 2.75) is 50.0 Å². The predicted molar refractivity (Wildman–Crippen MR) is 75.4 cm³/mol. The second kappa shape index (κ2) is 6.83. The number of pyridine rings is 1. The molecule has 0 atom stereocenters. The third kappa shape index (κ3) is 4.30. The van der Waals surface area contributed by atoms with Gasteiger partial charge in [0.25, 0.3) is 10.0 Å². The van der Waals surface area contributed by atoms with Crippen molar-refractivity contribution >= 4 is 15.9 Å². The maximum Gasteiger partial charge on any atom is 0.281 e. The van der Waals surface area contributed by atoms with Crippen LogP contribution in [-0.2, 0) is 14.8 Å². The number of carbonyl (C=O) groups excluding carboxylic acids is 1. The van der Waals surface area contributed by atoms with E-state index in [9.17, 15) is 13.2 Å². The number of rotatable bonds is 6. The summed E-state index contributed by atoms with van der Waals surface area (Å²) in [5.41, 5.74) is 0. The third-order valence-corrected chi connectivity index (χ3v) is 4.94. The Balaban J connectivity index is 1.79. The van der Waals surface area contributed by atoms with Crippen LogP contribution in [0.1, 0.15) is 44.9 Å². The summed E-state index contributed by atoms with van der Waals surface area (Å²) in [4.78, 5) is 15.4. The summed E-state index contributed by atoms with van der Waals surface area (Å²) in [7, 11) is -3.82. The van der Waals surface area contributed by atoms with Crippen LogP contribution in [0.5, 0.6) is 0 Å². The monoisotopic (exact) mass is 296 g/mol. The highest BCUT2D eigenvalue weighted by Gasteiger charge is 2.19. The Morgan fingerprint density at radius 3 is 2.70 bits per heavy atom. The molecule has 1 fully saturated rings. The van der Waals surface area contributed by atoms with Crippen molar-refractivity contribution in [2.75, 3.05) is 0 Å². The van der Waals surface area contributed by atoms with Crippen molar-refractivity contribution in [1.29, 1.82) is 0 Å². The zero-order valence-corrected chi connectivity index (χ0v) is 12.2. The molecule has 0 bridgehead atoms. The lowest BCUT2D eigenvalue weighted by Crippen LogP contribution is -2.30. The standard InChI is InChI=1S/C14H20N2O3S/c17-13(9-5-8-12-6-1-2-7-12)16-20(18,19)14-10-3-4-11-15-14/h3-4,10-12H,1-2,5-9H2,(H,16,17). The van der Waals surface area contributed by atoms with E-state index in [-0.39, 0.29) is 11.4 Å². The maximum absolute atomic E-state index is 11.9. The van der Waals surface area contributed by atoms with Crippen LogP contribution < -0.4 is 4.72 Å². The molecule has 110 valence electrons. The summed E-state index contributed by atoms with van der Waals surface area (Å²) in [5.74, 6) is 0.267. The lowest BCUT2D eigenvalue weighted by atomic mass is 10.0. The Labute approximate surface area is 119 Å². The molecule has 1 saturated carbocycles. The predicted octanol–water partition coefficient (Wildman–Crippen LogP) is 2.25. The average Bonchev–Trinajstić information content (AvgIpc) is 2.92. The number of carbonyl (C=O) groups is 1. The smallest absolute Gasteiger partial charge is 0.274 e. The number of nitrogens with zero attached hydrogens (tertiary/aromatic N) is 1. The molecule has 0 unspecified atom stereocenters. The first-order valence-corrected chi connectivity index (χ1v) is 8.53. The summed E-state index contributed by atoms with van der Waals surface area (Å²) < 4.78 is 25.8. The van der Waals surface area contributed by atoms with Crippen LogP contribution in [0.4, 0.5) is 0 Å². The molecule has 1 aromatic heterocycles. The molecule has 0 aliphatic heterocycles. The first-order valence-electron chi connectivity index (χ1n) is 7.04. The van der Waals surface area contributed by atoms with Crippen molar-refractivity contribution < 1.29 is 13.2 Å². The van der Waals surface area contributed by atoms with Gasteiger partial charge in [-0.3, -0.25) is 4.79 Å². The normalized spacial score (nSPS) is 16.2. The number of aromatic nitrogens is 1. The fourth-order valence-electron chi connectivity index (χ4n) is 2.61. The zero-order chi connectivity index (χ0) is 14.4. The molecule has 0 spiro atoms. The van der Waals surface area contributed by atoms with Crippen molar-refractivity contribution in [1.82, 2.24) is 9.71 Å². The SMILES string of the molecule is O=C(CCCC1CCCC1)NS(=O)(=O)c1ccccn1. The summed E-state index contributed by atoms with van der Waals surface area (Å²) in [6.45, 7) is 0. The molecule has 1 heterocycles. The number of sulfonamides is 1. The molecule has 1 aliphatic rings. The maximum atomic E-state index is 11.9. The van der Waals surface area contributed by atoms with Gasteiger partial charge >= 0.3 is 0 Å². The van der Waals surface area contributed by atoms with Gasteiger partial charge in [0.15, 0.2) is 5.03 Å². The van der Waals surface area contributed by atoms with Crippen LogP contribution in [0.15, 0.2) is 29.4 Å². The van der Waals surface area contributed by atoms with E-state index in [0.717, 1.165) is 18.8 Å². The summed E-state index contributed by atoms with van der Waals surface area (Å²) in [6, 6.07) is 4.57. The minimum atomic E-state index is -3.82. The van der Waals surface area contributed by atoms with E-state index >= 15 is 0 Å². The lowest BCUT2D eigenvalue weighted by molar-refractivity contribution is -0.119. The molecule has 0 aromatic carbocycles. The van der Waals surface area contributed by atoms with Gasteiger partial charge < -0.3 is 0 Å². The first-order chi connectivity index (χ1) is 9.58. The Morgan fingerprint density at radius 1 is 1.30 bits per heavy atom. The summed E-state index contributed by atoms with van der Waals surface area (Å²) in [6.07, 6.45) is 8.45. The first kappa shape index (κ1) is 15.0. The van der Waals surface area contributed by atoms with E-state index in [0.29, 0.717) is 0 Å². The van der Waals surface area contributed by atoms with Gasteiger partial charge in [-0.1, -0.05) is 31.7 Å². The number of nitrogens with one attached hydrogen (secondary N) is 1. The van der Waals surface area contributed by atoms with Crippen molar-refractivity contribution in [3.05, 3.63) is 24.4 Å². The molecule has 0 radical (unpaired) electrons.